The first kappa shape index (κ1) is 18.7. The van der Waals surface area contributed by atoms with Crippen molar-refractivity contribution in [3.63, 3.8) is 0 Å². The van der Waals surface area contributed by atoms with E-state index in [0.717, 1.165) is 19.4 Å². The molecule has 2 rings (SSSR count). The smallest absolute Gasteiger partial charge is 0.337 e. The van der Waals surface area contributed by atoms with Crippen LogP contribution in [-0.2, 0) is 14.2 Å². The van der Waals surface area contributed by atoms with Crippen molar-refractivity contribution in [1.29, 1.82) is 0 Å². The summed E-state index contributed by atoms with van der Waals surface area (Å²) in [6.45, 7) is 1.89. The summed E-state index contributed by atoms with van der Waals surface area (Å²) >= 11 is 0. The Balaban J connectivity index is 2.04. The predicted molar refractivity (Wildman–Crippen MR) is 89.7 cm³/mol. The van der Waals surface area contributed by atoms with Crippen LogP contribution in [0.5, 0.6) is 0 Å². The van der Waals surface area contributed by atoms with Crippen molar-refractivity contribution in [2.24, 2.45) is 5.92 Å². The molecule has 0 spiro atoms. The lowest BCUT2D eigenvalue weighted by molar-refractivity contribution is 0.0559. The van der Waals surface area contributed by atoms with Gasteiger partial charge in [-0.2, -0.15) is 0 Å². The number of benzene rings is 1. The highest BCUT2D eigenvalue weighted by Gasteiger charge is 2.17. The molecule has 1 aliphatic heterocycles. The molecule has 2 N–H and O–H groups in total. The van der Waals surface area contributed by atoms with Gasteiger partial charge in [0.05, 0.1) is 32.0 Å². The third-order valence-electron chi connectivity index (χ3n) is 3.84. The molecule has 8 heteroatoms. The number of ether oxygens (including phenoxy) is 3. The molecule has 1 saturated heterocycles. The van der Waals surface area contributed by atoms with Crippen molar-refractivity contribution < 1.29 is 28.6 Å². The molecule has 1 aromatic rings. The number of carbonyl (C=O) groups is 3. The number of anilines is 1. The molecule has 0 bridgehead atoms. The molecule has 0 aliphatic carbocycles. The van der Waals surface area contributed by atoms with Crippen LogP contribution in [0, 0.1) is 5.92 Å². The number of rotatable bonds is 5. The number of urea groups is 1. The summed E-state index contributed by atoms with van der Waals surface area (Å²) in [5.74, 6) is -0.950. The monoisotopic (exact) mass is 350 g/mol. The zero-order valence-corrected chi connectivity index (χ0v) is 14.3. The van der Waals surface area contributed by atoms with Gasteiger partial charge in [-0.05, 0) is 37.0 Å². The first-order chi connectivity index (χ1) is 12.0. The molecule has 1 heterocycles. The standard InChI is InChI=1S/C17H22N2O6/c1-23-15(20)12-6-13(16(21)24-2)8-14(7-12)19-17(22)18-9-11-4-3-5-25-10-11/h6-8,11H,3-5,9-10H2,1-2H3,(H2,18,19,22). The molecule has 2 amide bonds. The number of hydrogen-bond acceptors (Lipinski definition) is 6. The van der Waals surface area contributed by atoms with Gasteiger partial charge >= 0.3 is 18.0 Å². The number of carbonyl (C=O) groups excluding carboxylic acids is 3. The Morgan fingerprint density at radius 1 is 1.12 bits per heavy atom. The summed E-state index contributed by atoms with van der Waals surface area (Å²) in [4.78, 5) is 35.5. The van der Waals surface area contributed by atoms with Crippen LogP contribution in [0.4, 0.5) is 10.5 Å². The molecular weight excluding hydrogens is 328 g/mol. The number of amides is 2. The van der Waals surface area contributed by atoms with Gasteiger partial charge in [0.15, 0.2) is 0 Å². The van der Waals surface area contributed by atoms with Crippen LogP contribution in [0.2, 0.25) is 0 Å². The SMILES string of the molecule is COC(=O)c1cc(NC(=O)NCC2CCCOC2)cc(C(=O)OC)c1. The zero-order valence-electron chi connectivity index (χ0n) is 14.3. The van der Waals surface area contributed by atoms with Crippen LogP contribution < -0.4 is 10.6 Å². The van der Waals surface area contributed by atoms with Crippen molar-refractivity contribution in [2.75, 3.05) is 39.3 Å². The maximum atomic E-state index is 12.1. The first-order valence-corrected chi connectivity index (χ1v) is 7.97. The Labute approximate surface area is 145 Å². The largest absolute Gasteiger partial charge is 0.465 e. The van der Waals surface area contributed by atoms with Crippen molar-refractivity contribution in [3.05, 3.63) is 29.3 Å². The molecule has 1 atom stereocenters. The molecule has 0 radical (unpaired) electrons. The quantitative estimate of drug-likeness (QED) is 0.785. The Hall–Kier alpha value is -2.61. The van der Waals surface area contributed by atoms with E-state index in [1.165, 1.54) is 32.4 Å². The lowest BCUT2D eigenvalue weighted by Crippen LogP contribution is -2.36. The van der Waals surface area contributed by atoms with Gasteiger partial charge < -0.3 is 24.8 Å². The Morgan fingerprint density at radius 3 is 2.28 bits per heavy atom. The van der Waals surface area contributed by atoms with Crippen molar-refractivity contribution >= 4 is 23.7 Å². The number of methoxy groups -OCH3 is 2. The van der Waals surface area contributed by atoms with Gasteiger partial charge in [0.1, 0.15) is 0 Å². The average molecular weight is 350 g/mol. The normalized spacial score (nSPS) is 16.6. The fourth-order valence-corrected chi connectivity index (χ4v) is 2.55. The van der Waals surface area contributed by atoms with Gasteiger partial charge in [0.25, 0.3) is 0 Å². The van der Waals surface area contributed by atoms with Crippen LogP contribution >= 0.6 is 0 Å². The molecule has 136 valence electrons. The van der Waals surface area contributed by atoms with Gasteiger partial charge in [-0.15, -0.1) is 0 Å². The topological polar surface area (TPSA) is 103 Å². The molecule has 0 saturated carbocycles. The fraction of sp³-hybridized carbons (Fsp3) is 0.471. The summed E-state index contributed by atoms with van der Waals surface area (Å²) in [5, 5.41) is 5.38. The van der Waals surface area contributed by atoms with Crippen LogP contribution in [0.25, 0.3) is 0 Å². The predicted octanol–water partition coefficient (Wildman–Crippen LogP) is 1.81. The van der Waals surface area contributed by atoms with E-state index in [9.17, 15) is 14.4 Å². The van der Waals surface area contributed by atoms with Crippen LogP contribution in [0.15, 0.2) is 18.2 Å². The zero-order chi connectivity index (χ0) is 18.2. The third kappa shape index (κ3) is 5.46. The number of hydrogen-bond donors (Lipinski definition) is 2. The second kappa shape index (κ2) is 9.03. The van der Waals surface area contributed by atoms with E-state index in [1.807, 2.05) is 0 Å². The fourth-order valence-electron chi connectivity index (χ4n) is 2.55. The van der Waals surface area contributed by atoms with E-state index in [4.69, 9.17) is 4.74 Å². The molecule has 1 fully saturated rings. The Bertz CT molecular complexity index is 606. The maximum Gasteiger partial charge on any atom is 0.337 e. The Kier molecular flexibility index (Phi) is 6.76. The van der Waals surface area contributed by atoms with Crippen LogP contribution in [-0.4, -0.2) is 51.9 Å². The highest BCUT2D eigenvalue weighted by Crippen LogP contribution is 2.17. The van der Waals surface area contributed by atoms with E-state index in [0.29, 0.717) is 18.8 Å². The minimum absolute atomic E-state index is 0.140. The highest BCUT2D eigenvalue weighted by molar-refractivity contribution is 5.99. The number of nitrogens with one attached hydrogen (secondary N) is 2. The van der Waals surface area contributed by atoms with Crippen LogP contribution in [0.3, 0.4) is 0 Å². The molecule has 8 nitrogen and oxygen atoms in total. The summed E-state index contributed by atoms with van der Waals surface area (Å²) in [6, 6.07) is 3.78. The molecule has 1 unspecified atom stereocenters. The van der Waals surface area contributed by atoms with Gasteiger partial charge in [0, 0.05) is 18.8 Å². The van der Waals surface area contributed by atoms with Gasteiger partial charge in [-0.1, -0.05) is 0 Å². The van der Waals surface area contributed by atoms with Crippen molar-refractivity contribution in [2.45, 2.75) is 12.8 Å². The second-order valence-corrected chi connectivity index (χ2v) is 5.70. The summed E-state index contributed by atoms with van der Waals surface area (Å²) in [7, 11) is 2.47. The number of esters is 2. The highest BCUT2D eigenvalue weighted by atomic mass is 16.5. The average Bonchev–Trinajstić information content (AvgIpc) is 2.65. The van der Waals surface area contributed by atoms with E-state index in [1.54, 1.807) is 0 Å². The molecular formula is C17H22N2O6. The van der Waals surface area contributed by atoms with Gasteiger partial charge in [-0.3, -0.25) is 0 Å². The summed E-state index contributed by atoms with van der Waals surface area (Å²) < 4.78 is 14.7. The molecule has 1 aliphatic rings. The lowest BCUT2D eigenvalue weighted by Gasteiger charge is -2.22. The van der Waals surface area contributed by atoms with Crippen molar-refractivity contribution in [1.82, 2.24) is 5.32 Å². The minimum Gasteiger partial charge on any atom is -0.465 e. The minimum atomic E-state index is -0.617. The molecule has 1 aromatic carbocycles. The summed E-state index contributed by atoms with van der Waals surface area (Å²) in [6.07, 6.45) is 1.99. The van der Waals surface area contributed by atoms with Gasteiger partial charge in [-0.25, -0.2) is 14.4 Å². The molecule has 25 heavy (non-hydrogen) atoms. The Morgan fingerprint density at radius 2 is 1.76 bits per heavy atom. The van der Waals surface area contributed by atoms with Gasteiger partial charge in [0.2, 0.25) is 0 Å². The van der Waals surface area contributed by atoms with E-state index < -0.39 is 18.0 Å². The first-order valence-electron chi connectivity index (χ1n) is 7.97. The summed E-state index contributed by atoms with van der Waals surface area (Å²) in [5.41, 5.74) is 0.573. The molecule has 0 aromatic heterocycles. The van der Waals surface area contributed by atoms with E-state index in [-0.39, 0.29) is 17.0 Å². The van der Waals surface area contributed by atoms with Crippen molar-refractivity contribution in [3.8, 4) is 0 Å². The van der Waals surface area contributed by atoms with Crippen LogP contribution in [0.1, 0.15) is 33.6 Å². The second-order valence-electron chi connectivity index (χ2n) is 5.70. The van der Waals surface area contributed by atoms with E-state index >= 15 is 0 Å². The third-order valence-corrected chi connectivity index (χ3v) is 3.84. The maximum absolute atomic E-state index is 12.1. The lowest BCUT2D eigenvalue weighted by atomic mass is 10.0. The van der Waals surface area contributed by atoms with E-state index in [2.05, 4.69) is 20.1 Å².